The van der Waals surface area contributed by atoms with E-state index in [4.69, 9.17) is 0 Å². The van der Waals surface area contributed by atoms with Crippen LogP contribution >= 0.6 is 12.4 Å². The first-order valence-corrected chi connectivity index (χ1v) is 9.03. The SMILES string of the molecule is CCNCCNC(=O)C(NS(=O)(=O)c1ccccc1F)C(C)C.Cl. The maximum Gasteiger partial charge on any atom is 0.244 e. The second kappa shape index (κ2) is 10.6. The number of benzene rings is 1. The fourth-order valence-corrected chi connectivity index (χ4v) is 3.37. The molecule has 1 amide bonds. The number of likely N-dealkylation sites (N-methyl/N-ethyl adjacent to an activating group) is 1. The molecule has 0 aliphatic carbocycles. The summed E-state index contributed by atoms with van der Waals surface area (Å²) in [6.07, 6.45) is 0. The van der Waals surface area contributed by atoms with Gasteiger partial charge >= 0.3 is 0 Å². The second-order valence-electron chi connectivity index (χ2n) is 5.42. The lowest BCUT2D eigenvalue weighted by Gasteiger charge is -2.21. The molecule has 24 heavy (non-hydrogen) atoms. The molecule has 9 heteroatoms. The smallest absolute Gasteiger partial charge is 0.244 e. The van der Waals surface area contributed by atoms with E-state index in [1.165, 1.54) is 12.1 Å². The van der Waals surface area contributed by atoms with Crippen LogP contribution in [-0.2, 0) is 14.8 Å². The number of nitrogens with one attached hydrogen (secondary N) is 3. The molecule has 0 aliphatic rings. The molecule has 0 radical (unpaired) electrons. The van der Waals surface area contributed by atoms with Gasteiger partial charge in [-0.2, -0.15) is 4.72 Å². The predicted octanol–water partition coefficient (Wildman–Crippen LogP) is 1.28. The quantitative estimate of drug-likeness (QED) is 0.562. The monoisotopic (exact) mass is 381 g/mol. The number of hydrogen-bond donors (Lipinski definition) is 3. The van der Waals surface area contributed by atoms with Crippen LogP contribution in [0.2, 0.25) is 0 Å². The lowest BCUT2D eigenvalue weighted by atomic mass is 10.1. The van der Waals surface area contributed by atoms with E-state index in [9.17, 15) is 17.6 Å². The average Bonchev–Trinajstić information content (AvgIpc) is 2.49. The van der Waals surface area contributed by atoms with Crippen molar-refractivity contribution in [1.82, 2.24) is 15.4 Å². The molecular weight excluding hydrogens is 357 g/mol. The van der Waals surface area contributed by atoms with Gasteiger partial charge in [0.1, 0.15) is 16.8 Å². The molecule has 1 rings (SSSR count). The Bertz CT molecular complexity index is 626. The Labute approximate surface area is 149 Å². The predicted molar refractivity (Wildman–Crippen MR) is 94.1 cm³/mol. The third-order valence-electron chi connectivity index (χ3n) is 3.21. The molecule has 3 N–H and O–H groups in total. The molecule has 6 nitrogen and oxygen atoms in total. The van der Waals surface area contributed by atoms with E-state index >= 15 is 0 Å². The summed E-state index contributed by atoms with van der Waals surface area (Å²) in [7, 11) is -4.12. The summed E-state index contributed by atoms with van der Waals surface area (Å²) in [5.41, 5.74) is 0. The lowest BCUT2D eigenvalue weighted by molar-refractivity contribution is -0.123. The molecule has 0 bridgehead atoms. The molecule has 0 aliphatic heterocycles. The van der Waals surface area contributed by atoms with Gasteiger partial charge in [0, 0.05) is 13.1 Å². The van der Waals surface area contributed by atoms with E-state index in [0.717, 1.165) is 18.7 Å². The molecule has 1 atom stereocenters. The summed E-state index contributed by atoms with van der Waals surface area (Å²) < 4.78 is 40.6. The van der Waals surface area contributed by atoms with Crippen LogP contribution in [0.25, 0.3) is 0 Å². The summed E-state index contributed by atoms with van der Waals surface area (Å²) in [6, 6.07) is 4.09. The summed E-state index contributed by atoms with van der Waals surface area (Å²) in [5, 5.41) is 5.72. The first-order valence-electron chi connectivity index (χ1n) is 7.55. The molecule has 1 aromatic rings. The molecule has 1 unspecified atom stereocenters. The van der Waals surface area contributed by atoms with Gasteiger partial charge in [-0.15, -0.1) is 12.4 Å². The zero-order valence-electron chi connectivity index (χ0n) is 14.0. The van der Waals surface area contributed by atoms with Gasteiger partial charge in [0.15, 0.2) is 0 Å². The van der Waals surface area contributed by atoms with Crippen molar-refractivity contribution in [2.45, 2.75) is 31.7 Å². The highest BCUT2D eigenvalue weighted by Crippen LogP contribution is 2.15. The fraction of sp³-hybridized carbons (Fsp3) is 0.533. The minimum Gasteiger partial charge on any atom is -0.353 e. The van der Waals surface area contributed by atoms with Crippen LogP contribution in [0.3, 0.4) is 0 Å². The van der Waals surface area contributed by atoms with E-state index in [-0.39, 0.29) is 18.3 Å². The highest BCUT2D eigenvalue weighted by Gasteiger charge is 2.29. The number of carbonyl (C=O) groups is 1. The Morgan fingerprint density at radius 3 is 2.38 bits per heavy atom. The Morgan fingerprint density at radius 1 is 1.21 bits per heavy atom. The zero-order chi connectivity index (χ0) is 17.5. The standard InChI is InChI=1S/C15H24FN3O3S.ClH/c1-4-17-9-10-18-15(20)14(11(2)3)19-23(21,22)13-8-6-5-7-12(13)16;/h5-8,11,14,17,19H,4,9-10H2,1-3H3,(H,18,20);1H. The highest BCUT2D eigenvalue weighted by atomic mass is 35.5. The van der Waals surface area contributed by atoms with Crippen LogP contribution < -0.4 is 15.4 Å². The number of carbonyl (C=O) groups excluding carboxylic acids is 1. The van der Waals surface area contributed by atoms with E-state index in [2.05, 4.69) is 15.4 Å². The number of amides is 1. The lowest BCUT2D eigenvalue weighted by Crippen LogP contribution is -2.50. The minimum absolute atomic E-state index is 0. The summed E-state index contributed by atoms with van der Waals surface area (Å²) in [4.78, 5) is 11.7. The van der Waals surface area contributed by atoms with Crippen LogP contribution in [0.1, 0.15) is 20.8 Å². The van der Waals surface area contributed by atoms with Crippen LogP contribution in [0.4, 0.5) is 4.39 Å². The van der Waals surface area contributed by atoms with Crippen molar-refractivity contribution >= 4 is 28.3 Å². The van der Waals surface area contributed by atoms with Gasteiger partial charge in [-0.1, -0.05) is 32.9 Å². The number of halogens is 2. The van der Waals surface area contributed by atoms with E-state index in [1.54, 1.807) is 13.8 Å². The molecule has 0 fully saturated rings. The summed E-state index contributed by atoms with van der Waals surface area (Å²) >= 11 is 0. The largest absolute Gasteiger partial charge is 0.353 e. The number of sulfonamides is 1. The maximum absolute atomic E-state index is 13.7. The van der Waals surface area contributed by atoms with Crippen molar-refractivity contribution in [3.05, 3.63) is 30.1 Å². The van der Waals surface area contributed by atoms with Crippen molar-refractivity contribution in [3.63, 3.8) is 0 Å². The first kappa shape index (κ1) is 22.8. The van der Waals surface area contributed by atoms with Crippen molar-refractivity contribution in [2.24, 2.45) is 5.92 Å². The molecule has 0 saturated carbocycles. The Morgan fingerprint density at radius 2 is 1.83 bits per heavy atom. The Balaban J connectivity index is 0.00000529. The van der Waals surface area contributed by atoms with Crippen molar-refractivity contribution < 1.29 is 17.6 Å². The van der Waals surface area contributed by atoms with Gasteiger partial charge in [-0.3, -0.25) is 4.79 Å². The first-order chi connectivity index (χ1) is 10.8. The molecular formula is C15H25ClFN3O3S. The van der Waals surface area contributed by atoms with Crippen LogP contribution in [0, 0.1) is 11.7 Å². The van der Waals surface area contributed by atoms with Crippen molar-refractivity contribution in [1.29, 1.82) is 0 Å². The van der Waals surface area contributed by atoms with Gasteiger partial charge in [0.2, 0.25) is 15.9 Å². The normalized spacial score (nSPS) is 12.5. The zero-order valence-corrected chi connectivity index (χ0v) is 15.6. The molecule has 138 valence electrons. The van der Waals surface area contributed by atoms with Crippen LogP contribution in [0.5, 0.6) is 0 Å². The van der Waals surface area contributed by atoms with Gasteiger partial charge < -0.3 is 10.6 Å². The van der Waals surface area contributed by atoms with Crippen LogP contribution in [0.15, 0.2) is 29.2 Å². The summed E-state index contributed by atoms with van der Waals surface area (Å²) in [6.45, 7) is 7.14. The van der Waals surface area contributed by atoms with Crippen molar-refractivity contribution in [3.8, 4) is 0 Å². The third-order valence-corrected chi connectivity index (χ3v) is 4.68. The highest BCUT2D eigenvalue weighted by molar-refractivity contribution is 7.89. The van der Waals surface area contributed by atoms with Gasteiger partial charge in [0.05, 0.1) is 0 Å². The summed E-state index contributed by atoms with van der Waals surface area (Å²) in [5.74, 6) is -1.57. The van der Waals surface area contributed by atoms with Gasteiger partial charge in [-0.05, 0) is 24.6 Å². The molecule has 0 spiro atoms. The maximum atomic E-state index is 13.7. The topological polar surface area (TPSA) is 87.3 Å². The fourth-order valence-electron chi connectivity index (χ4n) is 1.95. The van der Waals surface area contributed by atoms with Gasteiger partial charge in [0.25, 0.3) is 0 Å². The Kier molecular flexibility index (Phi) is 10.1. The minimum atomic E-state index is -4.12. The van der Waals surface area contributed by atoms with E-state index in [0.29, 0.717) is 13.1 Å². The Hall–Kier alpha value is -1.22. The molecule has 0 heterocycles. The number of hydrogen-bond acceptors (Lipinski definition) is 4. The molecule has 1 aromatic carbocycles. The molecule has 0 saturated heterocycles. The van der Waals surface area contributed by atoms with Gasteiger partial charge in [-0.25, -0.2) is 12.8 Å². The van der Waals surface area contributed by atoms with E-state index in [1.807, 2.05) is 6.92 Å². The number of rotatable bonds is 9. The van der Waals surface area contributed by atoms with E-state index < -0.39 is 32.7 Å². The third kappa shape index (κ3) is 6.72. The second-order valence-corrected chi connectivity index (χ2v) is 7.10. The van der Waals surface area contributed by atoms with Crippen LogP contribution in [-0.4, -0.2) is 40.0 Å². The van der Waals surface area contributed by atoms with Crippen molar-refractivity contribution in [2.75, 3.05) is 19.6 Å². The molecule has 0 aromatic heterocycles. The average molecular weight is 382 g/mol.